The molecule has 1 atom stereocenters. The molecule has 1 aliphatic carbocycles. The second-order valence-electron chi connectivity index (χ2n) is 4.85. The third-order valence-electron chi connectivity index (χ3n) is 3.33. The summed E-state index contributed by atoms with van der Waals surface area (Å²) in [6.07, 6.45) is 2.93. The summed E-state index contributed by atoms with van der Waals surface area (Å²) in [4.78, 5) is 20.3. The molecule has 1 unspecified atom stereocenters. The van der Waals surface area contributed by atoms with Gasteiger partial charge in [-0.1, -0.05) is 13.0 Å². The molecule has 1 aliphatic rings. The minimum absolute atomic E-state index is 0.130. The van der Waals surface area contributed by atoms with E-state index >= 15 is 0 Å². The van der Waals surface area contributed by atoms with Crippen LogP contribution in [0, 0.1) is 26.1 Å². The minimum atomic E-state index is -0.672. The fourth-order valence-corrected chi connectivity index (χ4v) is 2.16. The van der Waals surface area contributed by atoms with Crippen LogP contribution in [0.25, 0.3) is 0 Å². The largest absolute Gasteiger partial charge is 0.301 e. The van der Waals surface area contributed by atoms with Gasteiger partial charge < -0.3 is 0 Å². The number of nitro benzene ring substituents is 2. The minimum Gasteiger partial charge on any atom is -0.271 e. The number of allylic oxidation sites excluding steroid dienone is 2. The van der Waals surface area contributed by atoms with Crippen molar-refractivity contribution in [1.29, 1.82) is 0 Å². The maximum Gasteiger partial charge on any atom is 0.301 e. The monoisotopic (exact) mass is 290 g/mol. The number of nitrogens with zero attached hydrogens (tertiary/aromatic N) is 3. The van der Waals surface area contributed by atoms with E-state index in [-0.39, 0.29) is 23.0 Å². The number of hydrogen-bond donors (Lipinski definition) is 1. The highest BCUT2D eigenvalue weighted by atomic mass is 16.6. The van der Waals surface area contributed by atoms with Crippen molar-refractivity contribution in [3.05, 3.63) is 50.1 Å². The molecule has 0 heterocycles. The van der Waals surface area contributed by atoms with Gasteiger partial charge in [-0.15, -0.1) is 0 Å². The molecule has 1 aromatic carbocycles. The summed E-state index contributed by atoms with van der Waals surface area (Å²) >= 11 is 0. The maximum absolute atomic E-state index is 11.0. The van der Waals surface area contributed by atoms with Gasteiger partial charge in [0.05, 0.1) is 21.6 Å². The Bertz CT molecular complexity index is 666. The highest BCUT2D eigenvalue weighted by molar-refractivity contribution is 6.03. The molecule has 0 aliphatic heterocycles. The zero-order valence-electron chi connectivity index (χ0n) is 11.6. The van der Waals surface area contributed by atoms with Gasteiger partial charge in [0.15, 0.2) is 0 Å². The SMILES string of the molecule is CC1=CCC(C)/C1=N\Nc1ccc([N+](=O)[O-])cc1[N+](=O)[O-]. The molecule has 2 rings (SSSR count). The van der Waals surface area contributed by atoms with Crippen LogP contribution in [0.4, 0.5) is 17.1 Å². The molecule has 21 heavy (non-hydrogen) atoms. The van der Waals surface area contributed by atoms with Gasteiger partial charge in [-0.05, 0) is 25.0 Å². The predicted octanol–water partition coefficient (Wildman–Crippen LogP) is 3.26. The molecule has 0 aromatic heterocycles. The Hall–Kier alpha value is -2.77. The lowest BCUT2D eigenvalue weighted by Crippen LogP contribution is -2.09. The molecule has 8 heteroatoms. The molecule has 0 radical (unpaired) electrons. The van der Waals surface area contributed by atoms with E-state index in [1.807, 2.05) is 13.8 Å². The van der Waals surface area contributed by atoms with Gasteiger partial charge >= 0.3 is 5.69 Å². The molecule has 0 spiro atoms. The van der Waals surface area contributed by atoms with Crippen LogP contribution in [-0.4, -0.2) is 15.6 Å². The van der Waals surface area contributed by atoms with Gasteiger partial charge in [-0.2, -0.15) is 5.10 Å². The van der Waals surface area contributed by atoms with Crippen molar-refractivity contribution in [3.8, 4) is 0 Å². The maximum atomic E-state index is 11.0. The van der Waals surface area contributed by atoms with Gasteiger partial charge in [-0.3, -0.25) is 25.7 Å². The van der Waals surface area contributed by atoms with E-state index in [0.29, 0.717) is 0 Å². The molecule has 0 saturated carbocycles. The lowest BCUT2D eigenvalue weighted by atomic mass is 10.1. The number of benzene rings is 1. The molecular weight excluding hydrogens is 276 g/mol. The Morgan fingerprint density at radius 2 is 2.00 bits per heavy atom. The van der Waals surface area contributed by atoms with Crippen molar-refractivity contribution >= 4 is 22.8 Å². The topological polar surface area (TPSA) is 111 Å². The normalized spacial score (nSPS) is 19.4. The quantitative estimate of drug-likeness (QED) is 0.675. The van der Waals surface area contributed by atoms with Crippen molar-refractivity contribution in [2.24, 2.45) is 11.0 Å². The molecule has 0 fully saturated rings. The Balaban J connectivity index is 2.32. The number of non-ortho nitro benzene ring substituents is 1. The first-order chi connectivity index (χ1) is 9.90. The first-order valence-electron chi connectivity index (χ1n) is 6.33. The van der Waals surface area contributed by atoms with Gasteiger partial charge in [-0.25, -0.2) is 0 Å². The standard InChI is InChI=1S/C13H14N4O4/c1-8-3-4-9(2)13(8)15-14-11-6-5-10(16(18)19)7-12(11)17(20)21/h3,5-7,9,14H,4H2,1-2H3/b15-13-. The van der Waals surface area contributed by atoms with E-state index in [4.69, 9.17) is 0 Å². The van der Waals surface area contributed by atoms with Gasteiger partial charge in [0.1, 0.15) is 5.69 Å². The van der Waals surface area contributed by atoms with Gasteiger partial charge in [0.2, 0.25) is 0 Å². The summed E-state index contributed by atoms with van der Waals surface area (Å²) in [5.41, 5.74) is 3.94. The molecule has 0 saturated heterocycles. The van der Waals surface area contributed by atoms with E-state index in [1.54, 1.807) is 0 Å². The van der Waals surface area contributed by atoms with Crippen molar-refractivity contribution < 1.29 is 9.85 Å². The first kappa shape index (κ1) is 14.6. The summed E-state index contributed by atoms with van der Waals surface area (Å²) in [7, 11) is 0. The van der Waals surface area contributed by atoms with Crippen molar-refractivity contribution in [1.82, 2.24) is 0 Å². The summed E-state index contributed by atoms with van der Waals surface area (Å²) in [6, 6.07) is 3.42. The van der Waals surface area contributed by atoms with Crippen LogP contribution >= 0.6 is 0 Å². The summed E-state index contributed by atoms with van der Waals surface area (Å²) < 4.78 is 0. The molecule has 0 amide bonds. The zero-order valence-corrected chi connectivity index (χ0v) is 11.6. The third kappa shape index (κ3) is 3.04. The zero-order chi connectivity index (χ0) is 15.6. The Kier molecular flexibility index (Phi) is 3.97. The Labute approximate surface area is 120 Å². The number of hydrazone groups is 1. The number of hydrogen-bond acceptors (Lipinski definition) is 6. The number of rotatable bonds is 4. The van der Waals surface area contributed by atoms with Gasteiger partial charge in [0.25, 0.3) is 5.69 Å². The first-order valence-corrected chi connectivity index (χ1v) is 6.33. The molecule has 110 valence electrons. The fraction of sp³-hybridized carbons (Fsp3) is 0.308. The van der Waals surface area contributed by atoms with Crippen LogP contribution in [0.15, 0.2) is 34.9 Å². The van der Waals surface area contributed by atoms with E-state index in [2.05, 4.69) is 16.6 Å². The van der Waals surface area contributed by atoms with Crippen LogP contribution < -0.4 is 5.43 Å². The smallest absolute Gasteiger partial charge is 0.271 e. The number of nitrogens with one attached hydrogen (secondary N) is 1. The fourth-order valence-electron chi connectivity index (χ4n) is 2.16. The lowest BCUT2D eigenvalue weighted by Gasteiger charge is -2.07. The second kappa shape index (κ2) is 5.70. The van der Waals surface area contributed by atoms with Crippen molar-refractivity contribution in [2.75, 3.05) is 5.43 Å². The number of nitro groups is 2. The van der Waals surface area contributed by atoms with E-state index in [0.717, 1.165) is 23.8 Å². The molecule has 8 nitrogen and oxygen atoms in total. The number of anilines is 1. The summed E-state index contributed by atoms with van der Waals surface area (Å²) in [6.45, 7) is 3.94. The lowest BCUT2D eigenvalue weighted by molar-refractivity contribution is -0.393. The summed E-state index contributed by atoms with van der Waals surface area (Å²) in [5.74, 6) is 0.245. The average molecular weight is 290 g/mol. The van der Waals surface area contributed by atoms with Crippen LogP contribution in [0.2, 0.25) is 0 Å². The highest BCUT2D eigenvalue weighted by Crippen LogP contribution is 2.29. The van der Waals surface area contributed by atoms with E-state index in [1.165, 1.54) is 12.1 Å². The third-order valence-corrected chi connectivity index (χ3v) is 3.33. The summed E-state index contributed by atoms with van der Waals surface area (Å²) in [5, 5.41) is 25.9. The molecular formula is C13H14N4O4. The predicted molar refractivity (Wildman–Crippen MR) is 78.3 cm³/mol. The van der Waals surface area contributed by atoms with Crippen LogP contribution in [-0.2, 0) is 0 Å². The van der Waals surface area contributed by atoms with Crippen LogP contribution in [0.1, 0.15) is 20.3 Å². The molecule has 1 aromatic rings. The van der Waals surface area contributed by atoms with E-state index < -0.39 is 9.85 Å². The second-order valence-corrected chi connectivity index (χ2v) is 4.85. The van der Waals surface area contributed by atoms with Crippen LogP contribution in [0.5, 0.6) is 0 Å². The van der Waals surface area contributed by atoms with Crippen molar-refractivity contribution in [2.45, 2.75) is 20.3 Å². The Morgan fingerprint density at radius 1 is 1.29 bits per heavy atom. The van der Waals surface area contributed by atoms with E-state index in [9.17, 15) is 20.2 Å². The molecule has 0 bridgehead atoms. The average Bonchev–Trinajstić information content (AvgIpc) is 2.75. The Morgan fingerprint density at radius 3 is 2.52 bits per heavy atom. The van der Waals surface area contributed by atoms with Crippen molar-refractivity contribution in [3.63, 3.8) is 0 Å². The van der Waals surface area contributed by atoms with Gasteiger partial charge in [0, 0.05) is 12.0 Å². The molecule has 1 N–H and O–H groups in total. The van der Waals surface area contributed by atoms with Crippen LogP contribution in [0.3, 0.4) is 0 Å². The highest BCUT2D eigenvalue weighted by Gasteiger charge is 2.21.